The first-order valence-corrected chi connectivity index (χ1v) is 7.41. The molecule has 4 nitrogen and oxygen atoms in total. The van der Waals surface area contributed by atoms with Crippen LogP contribution in [0.2, 0.25) is 0 Å². The topological polar surface area (TPSA) is 53.4 Å². The van der Waals surface area contributed by atoms with Crippen molar-refractivity contribution in [2.45, 2.75) is 39.5 Å². The van der Waals surface area contributed by atoms with Crippen molar-refractivity contribution in [2.75, 3.05) is 18.0 Å². The molecule has 0 radical (unpaired) electrons. The largest absolute Gasteiger partial charge is 0.477 e. The van der Waals surface area contributed by atoms with Crippen LogP contribution in [0.25, 0.3) is 0 Å². The average Bonchev–Trinajstić information content (AvgIpc) is 2.66. The molecule has 0 aromatic carbocycles. The molecule has 0 amide bonds. The Morgan fingerprint density at radius 1 is 1.50 bits per heavy atom. The number of hydrogen-bond acceptors (Lipinski definition) is 4. The summed E-state index contributed by atoms with van der Waals surface area (Å²) in [6.07, 6.45) is 4.28. The van der Waals surface area contributed by atoms with Gasteiger partial charge in [-0.15, -0.1) is 0 Å². The number of thiazole rings is 1. The van der Waals surface area contributed by atoms with E-state index in [0.717, 1.165) is 29.8 Å². The molecule has 1 aromatic rings. The predicted octanol–water partition coefficient (Wildman–Crippen LogP) is 3.03. The summed E-state index contributed by atoms with van der Waals surface area (Å²) in [6.45, 7) is 6.23. The standard InChI is InChI=1S/C13H20N2O2S/c1-3-10-11(12(16)17)18-13(14-10)15-7-4-5-9(2)6-8-15/h9H,3-8H2,1-2H3,(H,16,17). The van der Waals surface area contributed by atoms with Crippen LogP contribution in [0, 0.1) is 5.92 Å². The number of aromatic nitrogens is 1. The van der Waals surface area contributed by atoms with E-state index in [9.17, 15) is 4.79 Å². The van der Waals surface area contributed by atoms with Crippen LogP contribution in [-0.2, 0) is 6.42 Å². The van der Waals surface area contributed by atoms with E-state index in [2.05, 4.69) is 16.8 Å². The fourth-order valence-electron chi connectivity index (χ4n) is 2.34. The minimum atomic E-state index is -0.848. The second-order valence-electron chi connectivity index (χ2n) is 4.95. The number of anilines is 1. The van der Waals surface area contributed by atoms with Crippen LogP contribution in [0.1, 0.15) is 48.5 Å². The molecular weight excluding hydrogens is 248 g/mol. The number of carboxylic acids is 1. The van der Waals surface area contributed by atoms with Crippen LogP contribution in [0.3, 0.4) is 0 Å². The molecule has 5 heteroatoms. The first-order chi connectivity index (χ1) is 8.61. The van der Waals surface area contributed by atoms with E-state index in [1.807, 2.05) is 6.92 Å². The quantitative estimate of drug-likeness (QED) is 0.915. The van der Waals surface area contributed by atoms with Crippen molar-refractivity contribution in [3.8, 4) is 0 Å². The van der Waals surface area contributed by atoms with Crippen molar-refractivity contribution in [1.82, 2.24) is 4.98 Å². The Bertz CT molecular complexity index is 431. The highest BCUT2D eigenvalue weighted by Crippen LogP contribution is 2.29. The molecule has 1 aromatic heterocycles. The average molecular weight is 268 g/mol. The highest BCUT2D eigenvalue weighted by Gasteiger charge is 2.21. The maximum absolute atomic E-state index is 11.1. The summed E-state index contributed by atoms with van der Waals surface area (Å²) >= 11 is 1.32. The molecule has 1 fully saturated rings. The van der Waals surface area contributed by atoms with Gasteiger partial charge in [0.1, 0.15) is 4.88 Å². The molecule has 1 atom stereocenters. The van der Waals surface area contributed by atoms with Crippen molar-refractivity contribution < 1.29 is 9.90 Å². The minimum absolute atomic E-state index is 0.407. The third-order valence-electron chi connectivity index (χ3n) is 3.50. The molecule has 0 aliphatic carbocycles. The Hall–Kier alpha value is -1.10. The molecule has 1 aliphatic rings. The summed E-state index contributed by atoms with van der Waals surface area (Å²) in [4.78, 5) is 18.3. The summed E-state index contributed by atoms with van der Waals surface area (Å²) in [5, 5.41) is 10.0. The first-order valence-electron chi connectivity index (χ1n) is 6.59. The van der Waals surface area contributed by atoms with Gasteiger partial charge in [-0.05, 0) is 31.6 Å². The molecule has 1 saturated heterocycles. The Morgan fingerprint density at radius 3 is 2.89 bits per heavy atom. The van der Waals surface area contributed by atoms with Gasteiger partial charge in [0.15, 0.2) is 5.13 Å². The second kappa shape index (κ2) is 5.69. The Balaban J connectivity index is 2.19. The zero-order valence-corrected chi connectivity index (χ0v) is 11.8. The summed E-state index contributed by atoms with van der Waals surface area (Å²) < 4.78 is 0. The van der Waals surface area contributed by atoms with E-state index in [-0.39, 0.29) is 0 Å². The van der Waals surface area contributed by atoms with E-state index in [1.165, 1.54) is 30.6 Å². The number of carboxylic acid groups (broad SMARTS) is 1. The van der Waals surface area contributed by atoms with Gasteiger partial charge in [0, 0.05) is 13.1 Å². The third kappa shape index (κ3) is 2.83. The fraction of sp³-hybridized carbons (Fsp3) is 0.692. The van der Waals surface area contributed by atoms with Gasteiger partial charge in [-0.3, -0.25) is 0 Å². The van der Waals surface area contributed by atoms with Gasteiger partial charge in [-0.2, -0.15) is 0 Å². The minimum Gasteiger partial charge on any atom is -0.477 e. The van der Waals surface area contributed by atoms with Crippen LogP contribution in [0.15, 0.2) is 0 Å². The number of aromatic carboxylic acids is 1. The lowest BCUT2D eigenvalue weighted by molar-refractivity contribution is 0.0701. The van der Waals surface area contributed by atoms with Crippen molar-refractivity contribution in [3.05, 3.63) is 10.6 Å². The lowest BCUT2D eigenvalue weighted by atomic mass is 10.0. The number of nitrogens with zero attached hydrogens (tertiary/aromatic N) is 2. The van der Waals surface area contributed by atoms with E-state index >= 15 is 0 Å². The molecule has 1 N–H and O–H groups in total. The van der Waals surface area contributed by atoms with Crippen molar-refractivity contribution in [2.24, 2.45) is 5.92 Å². The molecule has 1 aliphatic heterocycles. The Morgan fingerprint density at radius 2 is 2.28 bits per heavy atom. The lowest BCUT2D eigenvalue weighted by Gasteiger charge is -2.18. The molecule has 18 heavy (non-hydrogen) atoms. The van der Waals surface area contributed by atoms with E-state index in [0.29, 0.717) is 11.3 Å². The Kier molecular flexibility index (Phi) is 4.22. The zero-order valence-electron chi connectivity index (χ0n) is 11.0. The molecule has 0 saturated carbocycles. The molecule has 2 heterocycles. The second-order valence-corrected chi connectivity index (χ2v) is 5.93. The van der Waals surface area contributed by atoms with Crippen LogP contribution < -0.4 is 4.90 Å². The lowest BCUT2D eigenvalue weighted by Crippen LogP contribution is -2.23. The smallest absolute Gasteiger partial charge is 0.347 e. The van der Waals surface area contributed by atoms with Gasteiger partial charge < -0.3 is 10.0 Å². The number of hydrogen-bond donors (Lipinski definition) is 1. The maximum Gasteiger partial charge on any atom is 0.347 e. The van der Waals surface area contributed by atoms with Gasteiger partial charge >= 0.3 is 5.97 Å². The summed E-state index contributed by atoms with van der Waals surface area (Å²) in [6, 6.07) is 0. The molecule has 0 bridgehead atoms. The van der Waals surface area contributed by atoms with E-state index in [1.54, 1.807) is 0 Å². The van der Waals surface area contributed by atoms with Crippen LogP contribution >= 0.6 is 11.3 Å². The highest BCUT2D eigenvalue weighted by molar-refractivity contribution is 7.17. The molecule has 100 valence electrons. The fourth-order valence-corrected chi connectivity index (χ4v) is 3.38. The molecule has 0 spiro atoms. The highest BCUT2D eigenvalue weighted by atomic mass is 32.1. The van der Waals surface area contributed by atoms with Gasteiger partial charge in [-0.25, -0.2) is 9.78 Å². The molecule has 1 unspecified atom stereocenters. The van der Waals surface area contributed by atoms with E-state index in [4.69, 9.17) is 5.11 Å². The SMILES string of the molecule is CCc1nc(N2CCCC(C)CC2)sc1C(=O)O. The summed E-state index contributed by atoms with van der Waals surface area (Å²) in [5.74, 6) is -0.0849. The van der Waals surface area contributed by atoms with Gasteiger partial charge in [0.25, 0.3) is 0 Å². The van der Waals surface area contributed by atoms with Crippen molar-refractivity contribution in [3.63, 3.8) is 0 Å². The van der Waals surface area contributed by atoms with Gasteiger partial charge in [0.2, 0.25) is 0 Å². The third-order valence-corrected chi connectivity index (χ3v) is 4.65. The normalized spacial score (nSPS) is 20.8. The number of rotatable bonds is 3. The zero-order chi connectivity index (χ0) is 13.1. The first kappa shape index (κ1) is 13.3. The predicted molar refractivity (Wildman–Crippen MR) is 73.7 cm³/mol. The summed E-state index contributed by atoms with van der Waals surface area (Å²) in [5.41, 5.74) is 0.722. The van der Waals surface area contributed by atoms with Crippen LogP contribution in [-0.4, -0.2) is 29.1 Å². The number of aryl methyl sites for hydroxylation is 1. The monoisotopic (exact) mass is 268 g/mol. The van der Waals surface area contributed by atoms with Crippen molar-refractivity contribution >= 4 is 22.4 Å². The van der Waals surface area contributed by atoms with Crippen LogP contribution in [0.5, 0.6) is 0 Å². The maximum atomic E-state index is 11.1. The van der Waals surface area contributed by atoms with Gasteiger partial charge in [-0.1, -0.05) is 25.2 Å². The van der Waals surface area contributed by atoms with E-state index < -0.39 is 5.97 Å². The van der Waals surface area contributed by atoms with Crippen molar-refractivity contribution in [1.29, 1.82) is 0 Å². The number of carbonyl (C=O) groups is 1. The summed E-state index contributed by atoms with van der Waals surface area (Å²) in [7, 11) is 0. The molecule has 2 rings (SSSR count). The van der Waals surface area contributed by atoms with Gasteiger partial charge in [0.05, 0.1) is 5.69 Å². The Labute approximate surface area is 112 Å². The molecular formula is C13H20N2O2S. The van der Waals surface area contributed by atoms with Crippen LogP contribution in [0.4, 0.5) is 5.13 Å².